The standard InChI is InChI=1S/C28H34O4/c1-4-6-12-18-30-26-20-24(28(29)32-25-17-11-8-14-21(25)3)27(31-19-13-7-5-2)23-16-10-9-15-22(23)26/h8-11,14-17,20H,4-7,12-13,18-19H2,1-3H3. The predicted molar refractivity (Wildman–Crippen MR) is 130 cm³/mol. The highest BCUT2D eigenvalue weighted by Crippen LogP contribution is 2.38. The van der Waals surface area contributed by atoms with Crippen LogP contribution in [-0.4, -0.2) is 19.2 Å². The van der Waals surface area contributed by atoms with Gasteiger partial charge in [0.2, 0.25) is 0 Å². The zero-order chi connectivity index (χ0) is 22.8. The third-order valence-corrected chi connectivity index (χ3v) is 5.47. The maximum absolute atomic E-state index is 13.3. The van der Waals surface area contributed by atoms with E-state index in [0.717, 1.165) is 54.9 Å². The largest absolute Gasteiger partial charge is 0.493 e. The summed E-state index contributed by atoms with van der Waals surface area (Å²) < 4.78 is 18.1. The highest BCUT2D eigenvalue weighted by molar-refractivity contribution is 6.04. The zero-order valence-electron chi connectivity index (χ0n) is 19.5. The van der Waals surface area contributed by atoms with Crippen LogP contribution in [-0.2, 0) is 0 Å². The molecule has 0 aliphatic carbocycles. The summed E-state index contributed by atoms with van der Waals surface area (Å²) in [6.07, 6.45) is 6.34. The van der Waals surface area contributed by atoms with Gasteiger partial charge in [0.1, 0.15) is 22.8 Å². The minimum atomic E-state index is -0.436. The van der Waals surface area contributed by atoms with Crippen LogP contribution in [0, 0.1) is 6.92 Å². The zero-order valence-corrected chi connectivity index (χ0v) is 19.5. The van der Waals surface area contributed by atoms with Gasteiger partial charge in [-0.15, -0.1) is 0 Å². The molecule has 4 nitrogen and oxygen atoms in total. The number of fused-ring (bicyclic) bond motifs is 1. The number of ether oxygens (including phenoxy) is 3. The van der Waals surface area contributed by atoms with Gasteiger partial charge >= 0.3 is 5.97 Å². The normalized spacial score (nSPS) is 10.8. The van der Waals surface area contributed by atoms with Crippen molar-refractivity contribution >= 4 is 16.7 Å². The highest BCUT2D eigenvalue weighted by atomic mass is 16.5. The van der Waals surface area contributed by atoms with E-state index in [9.17, 15) is 4.79 Å². The van der Waals surface area contributed by atoms with Crippen molar-refractivity contribution < 1.29 is 19.0 Å². The van der Waals surface area contributed by atoms with Crippen molar-refractivity contribution in [3.8, 4) is 17.2 Å². The number of benzene rings is 3. The summed E-state index contributed by atoms with van der Waals surface area (Å²) in [7, 11) is 0. The lowest BCUT2D eigenvalue weighted by Gasteiger charge is -2.18. The van der Waals surface area contributed by atoms with Crippen LogP contribution in [0.15, 0.2) is 54.6 Å². The van der Waals surface area contributed by atoms with Crippen LogP contribution >= 0.6 is 0 Å². The summed E-state index contributed by atoms with van der Waals surface area (Å²) in [5.41, 5.74) is 1.30. The molecule has 0 amide bonds. The first-order valence-electron chi connectivity index (χ1n) is 11.7. The lowest BCUT2D eigenvalue weighted by molar-refractivity contribution is 0.0728. The number of esters is 1. The van der Waals surface area contributed by atoms with Gasteiger partial charge in [-0.3, -0.25) is 0 Å². The van der Waals surface area contributed by atoms with Crippen LogP contribution < -0.4 is 14.2 Å². The van der Waals surface area contributed by atoms with Crippen LogP contribution in [0.1, 0.15) is 68.3 Å². The monoisotopic (exact) mass is 434 g/mol. The van der Waals surface area contributed by atoms with Gasteiger partial charge in [0.15, 0.2) is 0 Å². The van der Waals surface area contributed by atoms with Crippen molar-refractivity contribution in [3.05, 3.63) is 65.7 Å². The Balaban J connectivity index is 1.99. The lowest BCUT2D eigenvalue weighted by Crippen LogP contribution is -2.13. The number of para-hydroxylation sites is 1. The Labute approximate surface area is 191 Å². The van der Waals surface area contributed by atoms with E-state index in [0.29, 0.717) is 36.0 Å². The van der Waals surface area contributed by atoms with E-state index in [2.05, 4.69) is 13.8 Å². The van der Waals surface area contributed by atoms with Gasteiger partial charge in [-0.05, 0) is 37.5 Å². The summed E-state index contributed by atoms with van der Waals surface area (Å²) in [6, 6.07) is 17.2. The molecule has 0 N–H and O–H groups in total. The molecule has 170 valence electrons. The van der Waals surface area contributed by atoms with Crippen LogP contribution in [0.25, 0.3) is 10.8 Å². The average Bonchev–Trinajstić information content (AvgIpc) is 2.81. The SMILES string of the molecule is CCCCCOc1cc(C(=O)Oc2ccccc2C)c(OCCCCC)c2ccccc12. The van der Waals surface area contributed by atoms with E-state index in [1.54, 1.807) is 12.1 Å². The molecule has 0 spiro atoms. The average molecular weight is 435 g/mol. The molecule has 4 heteroatoms. The fourth-order valence-electron chi connectivity index (χ4n) is 3.63. The Kier molecular flexibility index (Phi) is 8.97. The van der Waals surface area contributed by atoms with Gasteiger partial charge in [0, 0.05) is 10.8 Å². The molecule has 0 aliphatic rings. The fourth-order valence-corrected chi connectivity index (χ4v) is 3.63. The third kappa shape index (κ3) is 6.03. The van der Waals surface area contributed by atoms with Crippen molar-refractivity contribution in [2.45, 2.75) is 59.3 Å². The molecule has 0 heterocycles. The molecule has 0 aromatic heterocycles. The molecule has 0 bridgehead atoms. The molecule has 0 saturated carbocycles. The molecule has 3 rings (SSSR count). The number of unbranched alkanes of at least 4 members (excludes halogenated alkanes) is 4. The fraction of sp³-hybridized carbons (Fsp3) is 0.393. The van der Waals surface area contributed by atoms with Gasteiger partial charge < -0.3 is 14.2 Å². The summed E-state index contributed by atoms with van der Waals surface area (Å²) in [4.78, 5) is 13.3. The Bertz CT molecular complexity index is 1030. The van der Waals surface area contributed by atoms with E-state index >= 15 is 0 Å². The summed E-state index contributed by atoms with van der Waals surface area (Å²) >= 11 is 0. The molecule has 0 unspecified atom stereocenters. The van der Waals surface area contributed by atoms with Gasteiger partial charge in [-0.2, -0.15) is 0 Å². The number of carbonyl (C=O) groups excluding carboxylic acids is 1. The van der Waals surface area contributed by atoms with E-state index in [-0.39, 0.29) is 0 Å². The van der Waals surface area contributed by atoms with E-state index in [1.165, 1.54) is 0 Å². The Hall–Kier alpha value is -3.01. The molecular formula is C28H34O4. The van der Waals surface area contributed by atoms with E-state index in [1.807, 2.05) is 49.4 Å². The maximum Gasteiger partial charge on any atom is 0.347 e. The van der Waals surface area contributed by atoms with Gasteiger partial charge in [-0.1, -0.05) is 82.0 Å². The van der Waals surface area contributed by atoms with Gasteiger partial charge in [0.25, 0.3) is 0 Å². The minimum Gasteiger partial charge on any atom is -0.493 e. The topological polar surface area (TPSA) is 44.8 Å². The van der Waals surface area contributed by atoms with Crippen molar-refractivity contribution in [1.82, 2.24) is 0 Å². The van der Waals surface area contributed by atoms with Crippen LogP contribution in [0.3, 0.4) is 0 Å². The van der Waals surface area contributed by atoms with Crippen molar-refractivity contribution in [1.29, 1.82) is 0 Å². The quantitative estimate of drug-likeness (QED) is 0.168. The van der Waals surface area contributed by atoms with Crippen molar-refractivity contribution in [2.75, 3.05) is 13.2 Å². The Morgan fingerprint density at radius 1 is 0.750 bits per heavy atom. The summed E-state index contributed by atoms with van der Waals surface area (Å²) in [6.45, 7) is 7.41. The molecule has 32 heavy (non-hydrogen) atoms. The molecule has 3 aromatic rings. The molecule has 0 atom stereocenters. The molecule has 0 fully saturated rings. The van der Waals surface area contributed by atoms with Crippen LogP contribution in [0.2, 0.25) is 0 Å². The third-order valence-electron chi connectivity index (χ3n) is 5.47. The molecule has 3 aromatic carbocycles. The number of hydrogen-bond acceptors (Lipinski definition) is 4. The van der Waals surface area contributed by atoms with Gasteiger partial charge in [0.05, 0.1) is 13.2 Å². The first-order chi connectivity index (χ1) is 15.7. The maximum atomic E-state index is 13.3. The van der Waals surface area contributed by atoms with Crippen LogP contribution in [0.5, 0.6) is 17.2 Å². The number of hydrogen-bond donors (Lipinski definition) is 0. The van der Waals surface area contributed by atoms with Gasteiger partial charge in [-0.25, -0.2) is 4.79 Å². The Morgan fingerprint density at radius 3 is 2.06 bits per heavy atom. The number of carbonyl (C=O) groups is 1. The van der Waals surface area contributed by atoms with E-state index in [4.69, 9.17) is 14.2 Å². The summed E-state index contributed by atoms with van der Waals surface area (Å²) in [5.74, 6) is 1.37. The number of aryl methyl sites for hydroxylation is 1. The smallest absolute Gasteiger partial charge is 0.347 e. The minimum absolute atomic E-state index is 0.397. The first-order valence-corrected chi connectivity index (χ1v) is 11.7. The van der Waals surface area contributed by atoms with Crippen molar-refractivity contribution in [2.24, 2.45) is 0 Å². The summed E-state index contributed by atoms with van der Waals surface area (Å²) in [5, 5.41) is 1.82. The number of rotatable bonds is 12. The van der Waals surface area contributed by atoms with Crippen molar-refractivity contribution in [3.63, 3.8) is 0 Å². The Morgan fingerprint density at radius 2 is 1.38 bits per heavy atom. The molecule has 0 radical (unpaired) electrons. The van der Waals surface area contributed by atoms with Crippen LogP contribution in [0.4, 0.5) is 0 Å². The first kappa shape index (κ1) is 23.6. The second kappa shape index (κ2) is 12.1. The second-order valence-corrected chi connectivity index (χ2v) is 8.06. The molecular weight excluding hydrogens is 400 g/mol. The molecule has 0 aliphatic heterocycles. The van der Waals surface area contributed by atoms with E-state index < -0.39 is 5.97 Å². The predicted octanol–water partition coefficient (Wildman–Crippen LogP) is 7.51. The highest BCUT2D eigenvalue weighted by Gasteiger charge is 2.22. The lowest BCUT2D eigenvalue weighted by atomic mass is 10.0. The molecule has 0 saturated heterocycles. The second-order valence-electron chi connectivity index (χ2n) is 8.06.